The van der Waals surface area contributed by atoms with Gasteiger partial charge in [-0.1, -0.05) is 0 Å². The van der Waals surface area contributed by atoms with E-state index in [-0.39, 0.29) is 6.04 Å². The summed E-state index contributed by atoms with van der Waals surface area (Å²) in [6, 6.07) is 0.733. The number of hydrogen-bond acceptors (Lipinski definition) is 4. The fraction of sp³-hybridized carbons (Fsp3) is 1.00. The molecule has 0 amide bonds. The average Bonchev–Trinajstić information content (AvgIpc) is 2.58. The number of likely N-dealkylation sites (tertiary alicyclic amines) is 1. The van der Waals surface area contributed by atoms with Gasteiger partial charge in [0.25, 0.3) is 0 Å². The number of sulfone groups is 1. The quantitative estimate of drug-likeness (QED) is 0.758. The minimum Gasteiger partial charge on any atom is -0.330 e. The van der Waals surface area contributed by atoms with Gasteiger partial charge in [-0.3, -0.25) is 4.90 Å². The van der Waals surface area contributed by atoms with Crippen LogP contribution in [0.1, 0.15) is 26.2 Å². The number of nitrogens with two attached hydrogens (primary N) is 1. The van der Waals surface area contributed by atoms with Gasteiger partial charge in [0.15, 0.2) is 9.84 Å². The lowest BCUT2D eigenvalue weighted by Gasteiger charge is -2.33. The van der Waals surface area contributed by atoms with E-state index < -0.39 is 9.84 Å². The highest BCUT2D eigenvalue weighted by molar-refractivity contribution is 7.91. The smallest absolute Gasteiger partial charge is 0.151 e. The SMILES string of the molecule is CC1CC(CN)CN1C1CCCS(=O)(=O)C1. The molecule has 0 aromatic carbocycles. The van der Waals surface area contributed by atoms with E-state index >= 15 is 0 Å². The summed E-state index contributed by atoms with van der Waals surface area (Å²) < 4.78 is 23.2. The topological polar surface area (TPSA) is 63.4 Å². The fourth-order valence-corrected chi connectivity index (χ4v) is 4.83. The van der Waals surface area contributed by atoms with Crippen molar-refractivity contribution in [2.45, 2.75) is 38.3 Å². The van der Waals surface area contributed by atoms with Crippen LogP contribution in [0.25, 0.3) is 0 Å². The third-order valence-corrected chi connectivity index (χ3v) is 5.75. The number of rotatable bonds is 2. The summed E-state index contributed by atoms with van der Waals surface area (Å²) >= 11 is 0. The van der Waals surface area contributed by atoms with Crippen LogP contribution in [0, 0.1) is 5.92 Å². The predicted octanol–water partition coefficient (Wildman–Crippen LogP) is 0.233. The van der Waals surface area contributed by atoms with Gasteiger partial charge >= 0.3 is 0 Å². The van der Waals surface area contributed by atoms with Crippen molar-refractivity contribution in [3.63, 3.8) is 0 Å². The van der Waals surface area contributed by atoms with Crippen molar-refractivity contribution in [3.8, 4) is 0 Å². The first-order valence-electron chi connectivity index (χ1n) is 6.18. The van der Waals surface area contributed by atoms with Crippen LogP contribution in [0.3, 0.4) is 0 Å². The van der Waals surface area contributed by atoms with E-state index in [2.05, 4.69) is 11.8 Å². The molecule has 2 N–H and O–H groups in total. The van der Waals surface area contributed by atoms with Crippen molar-refractivity contribution in [3.05, 3.63) is 0 Å². The van der Waals surface area contributed by atoms with Crippen LogP contribution in [0.5, 0.6) is 0 Å². The maximum Gasteiger partial charge on any atom is 0.151 e. The van der Waals surface area contributed by atoms with Crippen LogP contribution >= 0.6 is 0 Å². The molecule has 0 spiro atoms. The molecule has 0 aromatic rings. The van der Waals surface area contributed by atoms with E-state index in [0.717, 1.165) is 32.4 Å². The Kier molecular flexibility index (Phi) is 3.56. The molecule has 0 bridgehead atoms. The van der Waals surface area contributed by atoms with E-state index in [1.807, 2.05) is 0 Å². The minimum absolute atomic E-state index is 0.241. The second-order valence-electron chi connectivity index (χ2n) is 5.29. The first-order chi connectivity index (χ1) is 7.52. The summed E-state index contributed by atoms with van der Waals surface area (Å²) in [6.45, 7) is 3.90. The highest BCUT2D eigenvalue weighted by Gasteiger charge is 2.36. The average molecular weight is 246 g/mol. The molecule has 4 nitrogen and oxygen atoms in total. The summed E-state index contributed by atoms with van der Waals surface area (Å²) in [5.41, 5.74) is 5.70. The molecule has 2 fully saturated rings. The Morgan fingerprint density at radius 1 is 1.44 bits per heavy atom. The molecule has 0 aliphatic carbocycles. The second-order valence-corrected chi connectivity index (χ2v) is 7.52. The monoisotopic (exact) mass is 246 g/mol. The molecule has 3 unspecified atom stereocenters. The van der Waals surface area contributed by atoms with E-state index in [1.165, 1.54) is 0 Å². The summed E-state index contributed by atoms with van der Waals surface area (Å²) in [5, 5.41) is 0. The Balaban J connectivity index is 2.02. The van der Waals surface area contributed by atoms with E-state index in [4.69, 9.17) is 5.73 Å². The van der Waals surface area contributed by atoms with Crippen molar-refractivity contribution < 1.29 is 8.42 Å². The van der Waals surface area contributed by atoms with Crippen LogP contribution in [0.4, 0.5) is 0 Å². The molecule has 5 heteroatoms. The number of hydrogen-bond donors (Lipinski definition) is 1. The van der Waals surface area contributed by atoms with Gasteiger partial charge in [0, 0.05) is 18.6 Å². The Hall–Kier alpha value is -0.130. The van der Waals surface area contributed by atoms with E-state index in [1.54, 1.807) is 0 Å². The summed E-state index contributed by atoms with van der Waals surface area (Å²) in [7, 11) is -2.79. The third kappa shape index (κ3) is 2.57. The minimum atomic E-state index is -2.79. The van der Waals surface area contributed by atoms with Crippen LogP contribution in [-0.2, 0) is 9.84 Å². The van der Waals surface area contributed by atoms with E-state index in [0.29, 0.717) is 23.5 Å². The van der Waals surface area contributed by atoms with Crippen LogP contribution in [0.15, 0.2) is 0 Å². The molecule has 2 rings (SSSR count). The molecule has 3 atom stereocenters. The molecule has 0 radical (unpaired) electrons. The Labute approximate surface area is 98.1 Å². The van der Waals surface area contributed by atoms with Gasteiger partial charge in [-0.25, -0.2) is 8.42 Å². The molecule has 2 aliphatic heterocycles. The number of nitrogens with zero attached hydrogens (tertiary/aromatic N) is 1. The van der Waals surface area contributed by atoms with Crippen molar-refractivity contribution in [1.82, 2.24) is 4.90 Å². The predicted molar refractivity (Wildman–Crippen MR) is 65.0 cm³/mol. The van der Waals surface area contributed by atoms with E-state index in [9.17, 15) is 8.42 Å². The van der Waals surface area contributed by atoms with Gasteiger partial charge in [0.2, 0.25) is 0 Å². The van der Waals surface area contributed by atoms with Crippen molar-refractivity contribution in [2.24, 2.45) is 11.7 Å². The molecule has 0 aromatic heterocycles. The molecule has 2 heterocycles. The van der Waals surface area contributed by atoms with Gasteiger partial charge in [0.05, 0.1) is 11.5 Å². The third-order valence-electron chi connectivity index (χ3n) is 3.95. The lowest BCUT2D eigenvalue weighted by molar-refractivity contribution is 0.187. The first-order valence-corrected chi connectivity index (χ1v) is 8.00. The Bertz CT molecular complexity index is 342. The molecule has 16 heavy (non-hydrogen) atoms. The normalized spacial score (nSPS) is 40.0. The van der Waals surface area contributed by atoms with Gasteiger partial charge in [-0.15, -0.1) is 0 Å². The fourth-order valence-electron chi connectivity index (χ4n) is 3.11. The van der Waals surface area contributed by atoms with Crippen molar-refractivity contribution in [2.75, 3.05) is 24.6 Å². The lowest BCUT2D eigenvalue weighted by atomic mass is 10.1. The molecular weight excluding hydrogens is 224 g/mol. The van der Waals surface area contributed by atoms with Gasteiger partial charge in [-0.05, 0) is 38.6 Å². The molecule has 2 aliphatic rings. The highest BCUT2D eigenvalue weighted by Crippen LogP contribution is 2.28. The zero-order chi connectivity index (χ0) is 11.8. The lowest BCUT2D eigenvalue weighted by Crippen LogP contribution is -2.45. The highest BCUT2D eigenvalue weighted by atomic mass is 32.2. The summed E-state index contributed by atoms with van der Waals surface area (Å²) in [5.74, 6) is 1.29. The Morgan fingerprint density at radius 3 is 2.75 bits per heavy atom. The molecule has 2 saturated heterocycles. The van der Waals surface area contributed by atoms with Crippen LogP contribution < -0.4 is 5.73 Å². The zero-order valence-electron chi connectivity index (χ0n) is 9.93. The zero-order valence-corrected chi connectivity index (χ0v) is 10.7. The Morgan fingerprint density at radius 2 is 2.19 bits per heavy atom. The maximum atomic E-state index is 11.6. The van der Waals surface area contributed by atoms with Crippen LogP contribution in [0.2, 0.25) is 0 Å². The largest absolute Gasteiger partial charge is 0.330 e. The summed E-state index contributed by atoms with van der Waals surface area (Å²) in [4.78, 5) is 2.37. The van der Waals surface area contributed by atoms with Gasteiger partial charge in [-0.2, -0.15) is 0 Å². The maximum absolute atomic E-state index is 11.6. The summed E-state index contributed by atoms with van der Waals surface area (Å²) in [6.07, 6.45) is 2.97. The molecule has 94 valence electrons. The van der Waals surface area contributed by atoms with Crippen molar-refractivity contribution in [1.29, 1.82) is 0 Å². The van der Waals surface area contributed by atoms with Gasteiger partial charge < -0.3 is 5.73 Å². The van der Waals surface area contributed by atoms with Gasteiger partial charge in [0.1, 0.15) is 0 Å². The second kappa shape index (κ2) is 4.63. The first kappa shape index (κ1) is 12.3. The van der Waals surface area contributed by atoms with Crippen molar-refractivity contribution >= 4 is 9.84 Å². The molecule has 0 saturated carbocycles. The molecular formula is C11H22N2O2S. The van der Waals surface area contributed by atoms with Crippen LogP contribution in [-0.4, -0.2) is 50.0 Å². The standard InChI is InChI=1S/C11H22N2O2S/c1-9-5-10(6-12)7-13(9)11-3-2-4-16(14,15)8-11/h9-11H,2-8,12H2,1H3.